The van der Waals surface area contributed by atoms with Crippen molar-refractivity contribution in [2.75, 3.05) is 38.3 Å². The Kier molecular flexibility index (Phi) is 5.67. The van der Waals surface area contributed by atoms with E-state index in [0.717, 1.165) is 24.0 Å². The normalized spacial score (nSPS) is 18.1. The molecule has 2 N–H and O–H groups in total. The molecule has 0 bridgehead atoms. The van der Waals surface area contributed by atoms with Gasteiger partial charge in [-0.05, 0) is 30.7 Å². The summed E-state index contributed by atoms with van der Waals surface area (Å²) in [5, 5.41) is 5.77. The molecule has 1 aliphatic heterocycles. The van der Waals surface area contributed by atoms with Gasteiger partial charge in [-0.3, -0.25) is 0 Å². The summed E-state index contributed by atoms with van der Waals surface area (Å²) < 4.78 is 5.97. The van der Waals surface area contributed by atoms with Crippen LogP contribution >= 0.6 is 15.9 Å². The van der Waals surface area contributed by atoms with Gasteiger partial charge in [-0.25, -0.2) is 4.79 Å². The molecule has 1 aliphatic rings. The number of nitrogens with one attached hydrogen (secondary N) is 2. The molecule has 20 heavy (non-hydrogen) atoms. The van der Waals surface area contributed by atoms with Crippen molar-refractivity contribution in [1.29, 1.82) is 0 Å². The smallest absolute Gasteiger partial charge is 0.315 e. The minimum atomic E-state index is -0.121. The molecule has 1 aromatic carbocycles. The van der Waals surface area contributed by atoms with Crippen molar-refractivity contribution in [2.45, 2.75) is 12.5 Å². The number of methoxy groups -OCH3 is 1. The van der Waals surface area contributed by atoms with Crippen LogP contribution in [0.15, 0.2) is 28.7 Å². The van der Waals surface area contributed by atoms with Crippen LogP contribution in [-0.4, -0.2) is 45.4 Å². The number of hydrogen-bond donors (Lipinski definition) is 2. The van der Waals surface area contributed by atoms with Crippen molar-refractivity contribution >= 4 is 27.6 Å². The second-order valence-corrected chi connectivity index (χ2v) is 5.72. The molecule has 0 spiro atoms. The molecule has 0 aliphatic carbocycles. The van der Waals surface area contributed by atoms with Crippen LogP contribution in [0, 0.1) is 0 Å². The molecule has 1 fully saturated rings. The zero-order chi connectivity index (χ0) is 14.4. The van der Waals surface area contributed by atoms with E-state index < -0.39 is 0 Å². The van der Waals surface area contributed by atoms with Gasteiger partial charge in [0.05, 0.1) is 6.61 Å². The third-order valence-electron chi connectivity index (χ3n) is 3.31. The molecule has 0 saturated carbocycles. The van der Waals surface area contributed by atoms with E-state index in [0.29, 0.717) is 13.2 Å². The minimum Gasteiger partial charge on any atom is -0.383 e. The summed E-state index contributed by atoms with van der Waals surface area (Å²) in [6, 6.07) is 8.32. The van der Waals surface area contributed by atoms with Crippen molar-refractivity contribution in [3.8, 4) is 0 Å². The summed E-state index contributed by atoms with van der Waals surface area (Å²) >= 11 is 3.43. The van der Waals surface area contributed by atoms with Gasteiger partial charge in [-0.2, -0.15) is 0 Å². The van der Waals surface area contributed by atoms with E-state index in [1.165, 1.54) is 5.69 Å². The first-order valence-corrected chi connectivity index (χ1v) is 7.52. The monoisotopic (exact) mass is 341 g/mol. The van der Waals surface area contributed by atoms with Crippen LogP contribution < -0.4 is 15.5 Å². The van der Waals surface area contributed by atoms with Crippen LogP contribution in [0.4, 0.5) is 10.5 Å². The molecule has 5 nitrogen and oxygen atoms in total. The lowest BCUT2D eigenvalue weighted by Crippen LogP contribution is -2.44. The van der Waals surface area contributed by atoms with E-state index >= 15 is 0 Å². The molecule has 0 aromatic heterocycles. The largest absolute Gasteiger partial charge is 0.383 e. The first-order valence-electron chi connectivity index (χ1n) is 6.73. The van der Waals surface area contributed by atoms with E-state index in [1.807, 2.05) is 12.1 Å². The predicted octanol–water partition coefficient (Wildman–Crippen LogP) is 1.97. The number of rotatable bonds is 5. The van der Waals surface area contributed by atoms with E-state index in [4.69, 9.17) is 4.74 Å². The second kappa shape index (κ2) is 7.50. The minimum absolute atomic E-state index is 0.121. The molecule has 1 aromatic rings. The molecule has 2 rings (SSSR count). The van der Waals surface area contributed by atoms with Crippen molar-refractivity contribution < 1.29 is 9.53 Å². The van der Waals surface area contributed by atoms with Gasteiger partial charge >= 0.3 is 6.03 Å². The maximum absolute atomic E-state index is 11.7. The number of hydrogen-bond acceptors (Lipinski definition) is 3. The Labute approximate surface area is 127 Å². The molecular formula is C14H20BrN3O2. The summed E-state index contributed by atoms with van der Waals surface area (Å²) in [6.07, 6.45) is 0.966. The molecular weight excluding hydrogens is 322 g/mol. The molecule has 0 radical (unpaired) electrons. The van der Waals surface area contributed by atoms with Crippen LogP contribution in [0.2, 0.25) is 0 Å². The zero-order valence-electron chi connectivity index (χ0n) is 11.6. The first-order chi connectivity index (χ1) is 9.69. The lowest BCUT2D eigenvalue weighted by atomic mass is 10.3. The summed E-state index contributed by atoms with van der Waals surface area (Å²) in [6.45, 7) is 2.87. The number of benzene rings is 1. The third kappa shape index (κ3) is 4.38. The lowest BCUT2D eigenvalue weighted by Gasteiger charge is -2.19. The Hall–Kier alpha value is -1.27. The van der Waals surface area contributed by atoms with Crippen molar-refractivity contribution in [2.24, 2.45) is 0 Å². The van der Waals surface area contributed by atoms with Gasteiger partial charge in [-0.1, -0.05) is 15.9 Å². The van der Waals surface area contributed by atoms with Crippen LogP contribution in [-0.2, 0) is 4.74 Å². The summed E-state index contributed by atoms with van der Waals surface area (Å²) in [4.78, 5) is 13.9. The first kappa shape index (κ1) is 15.1. The Morgan fingerprint density at radius 2 is 2.20 bits per heavy atom. The number of anilines is 1. The molecule has 1 heterocycles. The summed E-state index contributed by atoms with van der Waals surface area (Å²) in [7, 11) is 1.62. The second-order valence-electron chi connectivity index (χ2n) is 4.80. The number of halogens is 1. The molecule has 110 valence electrons. The van der Waals surface area contributed by atoms with Gasteiger partial charge in [0, 0.05) is 42.9 Å². The number of nitrogens with zero attached hydrogens (tertiary/aromatic N) is 1. The lowest BCUT2D eigenvalue weighted by molar-refractivity contribution is 0.195. The molecule has 2 amide bonds. The van der Waals surface area contributed by atoms with Crippen molar-refractivity contribution in [3.63, 3.8) is 0 Å². The summed E-state index contributed by atoms with van der Waals surface area (Å²) in [5.41, 5.74) is 1.19. The van der Waals surface area contributed by atoms with Gasteiger partial charge in [0.25, 0.3) is 0 Å². The SMILES string of the molecule is COCCNC(=O)N[C@H]1CCN(c2ccc(Br)cc2)C1. The topological polar surface area (TPSA) is 53.6 Å². The highest BCUT2D eigenvalue weighted by Gasteiger charge is 2.23. The number of ether oxygens (including phenoxy) is 1. The van der Waals surface area contributed by atoms with Crippen LogP contribution in [0.1, 0.15) is 6.42 Å². The van der Waals surface area contributed by atoms with Gasteiger partial charge in [0.1, 0.15) is 0 Å². The van der Waals surface area contributed by atoms with Gasteiger partial charge < -0.3 is 20.3 Å². The van der Waals surface area contributed by atoms with Crippen LogP contribution in [0.25, 0.3) is 0 Å². The molecule has 0 unspecified atom stereocenters. The Bertz CT molecular complexity index is 439. The average Bonchev–Trinajstić information content (AvgIpc) is 2.88. The fourth-order valence-electron chi connectivity index (χ4n) is 2.27. The Balaban J connectivity index is 1.77. The highest BCUT2D eigenvalue weighted by atomic mass is 79.9. The van der Waals surface area contributed by atoms with E-state index in [-0.39, 0.29) is 12.1 Å². The quantitative estimate of drug-likeness (QED) is 0.805. The fourth-order valence-corrected chi connectivity index (χ4v) is 2.53. The predicted molar refractivity (Wildman–Crippen MR) is 83.2 cm³/mol. The average molecular weight is 342 g/mol. The number of carbonyl (C=O) groups excluding carboxylic acids is 1. The van der Waals surface area contributed by atoms with E-state index in [9.17, 15) is 4.79 Å². The Morgan fingerprint density at radius 1 is 1.45 bits per heavy atom. The number of carbonyl (C=O) groups is 1. The summed E-state index contributed by atoms with van der Waals surface area (Å²) in [5.74, 6) is 0. The highest BCUT2D eigenvalue weighted by Crippen LogP contribution is 2.22. The van der Waals surface area contributed by atoms with Crippen molar-refractivity contribution in [3.05, 3.63) is 28.7 Å². The van der Waals surface area contributed by atoms with E-state index in [2.05, 4.69) is 43.6 Å². The molecule has 1 saturated heterocycles. The number of urea groups is 1. The van der Waals surface area contributed by atoms with Gasteiger partial charge in [0.15, 0.2) is 0 Å². The maximum Gasteiger partial charge on any atom is 0.315 e. The van der Waals surface area contributed by atoms with Crippen LogP contribution in [0.3, 0.4) is 0 Å². The Morgan fingerprint density at radius 3 is 2.90 bits per heavy atom. The van der Waals surface area contributed by atoms with Crippen LogP contribution in [0.5, 0.6) is 0 Å². The van der Waals surface area contributed by atoms with Gasteiger partial charge in [0.2, 0.25) is 0 Å². The fraction of sp³-hybridized carbons (Fsp3) is 0.500. The number of amides is 2. The van der Waals surface area contributed by atoms with Gasteiger partial charge in [-0.15, -0.1) is 0 Å². The third-order valence-corrected chi connectivity index (χ3v) is 3.84. The molecule has 6 heteroatoms. The van der Waals surface area contributed by atoms with E-state index in [1.54, 1.807) is 7.11 Å². The maximum atomic E-state index is 11.7. The molecule has 1 atom stereocenters. The highest BCUT2D eigenvalue weighted by molar-refractivity contribution is 9.10. The van der Waals surface area contributed by atoms with Crippen molar-refractivity contribution in [1.82, 2.24) is 10.6 Å². The standard InChI is InChI=1S/C14H20BrN3O2/c1-20-9-7-16-14(19)17-12-6-8-18(10-12)13-4-2-11(15)3-5-13/h2-5,12H,6-10H2,1H3,(H2,16,17,19)/t12-/m0/s1. The zero-order valence-corrected chi connectivity index (χ0v) is 13.1.